The molecule has 1 unspecified atom stereocenters. The summed E-state index contributed by atoms with van der Waals surface area (Å²) in [6.07, 6.45) is -7.39. The molecule has 1 heterocycles. The van der Waals surface area contributed by atoms with Gasteiger partial charge in [-0.05, 0) is 48.2 Å². The average Bonchev–Trinajstić information content (AvgIpc) is 3.64. The van der Waals surface area contributed by atoms with Crippen LogP contribution in [-0.2, 0) is 29.1 Å². The van der Waals surface area contributed by atoms with Gasteiger partial charge in [-0.15, -0.1) is 0 Å². The Kier molecular flexibility index (Phi) is 6.14. The van der Waals surface area contributed by atoms with E-state index in [0.29, 0.717) is 24.6 Å². The zero-order valence-electron chi connectivity index (χ0n) is 17.8. The minimum atomic E-state index is -4.65. The maximum Gasteiger partial charge on any atom is 0.417 e. The Bertz CT molecular complexity index is 1150. The highest BCUT2D eigenvalue weighted by Gasteiger charge is 2.43. The van der Waals surface area contributed by atoms with Gasteiger partial charge >= 0.3 is 12.4 Å². The van der Waals surface area contributed by atoms with Gasteiger partial charge in [-0.2, -0.15) is 26.3 Å². The van der Waals surface area contributed by atoms with Crippen LogP contribution in [0, 0.1) is 5.92 Å². The maximum atomic E-state index is 13.5. The SMILES string of the molecule is O=C(NC(Cc1ccccc1)(c1cccc(C(F)(F)F)c1)c1ccc(C(F)(F)F)cn1)C1CC1. The van der Waals surface area contributed by atoms with Crippen LogP contribution in [0.25, 0.3) is 0 Å². The molecule has 1 atom stereocenters. The van der Waals surface area contributed by atoms with Crippen molar-refractivity contribution in [2.24, 2.45) is 5.92 Å². The van der Waals surface area contributed by atoms with Gasteiger partial charge in [0.1, 0.15) is 5.54 Å². The molecule has 0 spiro atoms. The molecule has 4 rings (SSSR count). The summed E-state index contributed by atoms with van der Waals surface area (Å²) in [5.74, 6) is -0.676. The third kappa shape index (κ3) is 5.08. The summed E-state index contributed by atoms with van der Waals surface area (Å²) >= 11 is 0. The molecule has 178 valence electrons. The second kappa shape index (κ2) is 8.77. The lowest BCUT2D eigenvalue weighted by molar-refractivity contribution is -0.138. The summed E-state index contributed by atoms with van der Waals surface area (Å²) in [5.41, 5.74) is -2.80. The van der Waals surface area contributed by atoms with Crippen molar-refractivity contribution in [2.45, 2.75) is 37.2 Å². The van der Waals surface area contributed by atoms with Crippen molar-refractivity contribution in [2.75, 3.05) is 0 Å². The number of carbonyl (C=O) groups is 1. The van der Waals surface area contributed by atoms with Crippen LogP contribution >= 0.6 is 0 Å². The molecule has 1 aliphatic carbocycles. The van der Waals surface area contributed by atoms with Gasteiger partial charge < -0.3 is 5.32 Å². The molecular formula is C25H20F6N2O. The highest BCUT2D eigenvalue weighted by Crippen LogP contribution is 2.39. The molecule has 34 heavy (non-hydrogen) atoms. The Morgan fingerprint density at radius 3 is 2.03 bits per heavy atom. The number of alkyl halides is 6. The standard InChI is InChI=1S/C25H20F6N2O/c26-24(27,28)19-8-4-7-18(13-19)23(33-22(34)17-9-10-17,14-16-5-2-1-3-6-16)21-12-11-20(15-32-21)25(29,30)31/h1-8,11-13,15,17H,9-10,14H2,(H,33,34). The van der Waals surface area contributed by atoms with Crippen molar-refractivity contribution >= 4 is 5.91 Å². The molecule has 0 aliphatic heterocycles. The van der Waals surface area contributed by atoms with Crippen LogP contribution in [0.15, 0.2) is 72.9 Å². The van der Waals surface area contributed by atoms with E-state index in [9.17, 15) is 31.1 Å². The van der Waals surface area contributed by atoms with E-state index >= 15 is 0 Å². The molecule has 2 aromatic carbocycles. The monoisotopic (exact) mass is 478 g/mol. The summed E-state index contributed by atoms with van der Waals surface area (Å²) in [5, 5.41) is 2.86. The van der Waals surface area contributed by atoms with E-state index in [-0.39, 0.29) is 29.5 Å². The topological polar surface area (TPSA) is 42.0 Å². The number of hydrogen-bond donors (Lipinski definition) is 1. The number of aromatic nitrogens is 1. The van der Waals surface area contributed by atoms with Gasteiger partial charge in [-0.25, -0.2) is 0 Å². The van der Waals surface area contributed by atoms with Gasteiger partial charge in [-0.3, -0.25) is 9.78 Å². The highest BCUT2D eigenvalue weighted by molar-refractivity contribution is 5.82. The molecule has 1 aliphatic rings. The number of nitrogens with one attached hydrogen (secondary N) is 1. The molecule has 1 aromatic heterocycles. The Hall–Kier alpha value is -3.36. The van der Waals surface area contributed by atoms with E-state index < -0.39 is 29.0 Å². The Labute approximate surface area is 191 Å². The van der Waals surface area contributed by atoms with Crippen molar-refractivity contribution in [3.05, 3.63) is 101 Å². The fourth-order valence-electron chi connectivity index (χ4n) is 3.86. The smallest absolute Gasteiger partial charge is 0.340 e. The Morgan fingerprint density at radius 2 is 1.47 bits per heavy atom. The molecule has 0 bridgehead atoms. The molecule has 1 amide bonds. The van der Waals surface area contributed by atoms with E-state index in [4.69, 9.17) is 0 Å². The van der Waals surface area contributed by atoms with Crippen LogP contribution in [0.3, 0.4) is 0 Å². The van der Waals surface area contributed by atoms with Crippen molar-refractivity contribution in [3.63, 3.8) is 0 Å². The van der Waals surface area contributed by atoms with Crippen LogP contribution in [0.5, 0.6) is 0 Å². The summed E-state index contributed by atoms with van der Waals surface area (Å²) < 4.78 is 80.1. The molecule has 0 saturated heterocycles. The number of benzene rings is 2. The first-order valence-corrected chi connectivity index (χ1v) is 10.6. The van der Waals surface area contributed by atoms with Gasteiger partial charge in [0.2, 0.25) is 5.91 Å². The zero-order valence-corrected chi connectivity index (χ0v) is 17.8. The van der Waals surface area contributed by atoms with Gasteiger partial charge in [0.05, 0.1) is 16.8 Å². The normalized spacial score (nSPS) is 16.1. The fraction of sp³-hybridized carbons (Fsp3) is 0.280. The third-order valence-electron chi connectivity index (χ3n) is 5.81. The molecular weight excluding hydrogens is 458 g/mol. The lowest BCUT2D eigenvalue weighted by Gasteiger charge is -2.36. The van der Waals surface area contributed by atoms with Crippen LogP contribution in [0.2, 0.25) is 0 Å². The molecule has 1 saturated carbocycles. The number of carbonyl (C=O) groups excluding carboxylic acids is 1. The van der Waals surface area contributed by atoms with Crippen LogP contribution in [-0.4, -0.2) is 10.9 Å². The molecule has 1 N–H and O–H groups in total. The first kappa shape index (κ1) is 23.8. The zero-order chi connectivity index (χ0) is 24.6. The molecule has 9 heteroatoms. The van der Waals surface area contributed by atoms with Gasteiger partial charge in [0.25, 0.3) is 0 Å². The third-order valence-corrected chi connectivity index (χ3v) is 5.81. The number of rotatable bonds is 6. The summed E-state index contributed by atoms with van der Waals surface area (Å²) in [6.45, 7) is 0. The van der Waals surface area contributed by atoms with E-state index in [2.05, 4.69) is 10.3 Å². The van der Waals surface area contributed by atoms with Crippen LogP contribution < -0.4 is 5.32 Å². The minimum absolute atomic E-state index is 0.00796. The number of nitrogens with zero attached hydrogens (tertiary/aromatic N) is 1. The Morgan fingerprint density at radius 1 is 0.824 bits per heavy atom. The van der Waals surface area contributed by atoms with Gasteiger partial charge in [-0.1, -0.05) is 42.5 Å². The average molecular weight is 478 g/mol. The van der Waals surface area contributed by atoms with Crippen molar-refractivity contribution in [1.82, 2.24) is 10.3 Å². The van der Waals surface area contributed by atoms with Gasteiger partial charge in [0.15, 0.2) is 0 Å². The highest BCUT2D eigenvalue weighted by atomic mass is 19.4. The predicted molar refractivity (Wildman–Crippen MR) is 112 cm³/mol. The van der Waals surface area contributed by atoms with Crippen molar-refractivity contribution in [3.8, 4) is 0 Å². The fourth-order valence-corrected chi connectivity index (χ4v) is 3.86. The quantitative estimate of drug-likeness (QED) is 0.433. The van der Waals surface area contributed by atoms with E-state index in [0.717, 1.165) is 24.3 Å². The first-order chi connectivity index (χ1) is 16.0. The molecule has 0 radical (unpaired) electrons. The van der Waals surface area contributed by atoms with E-state index in [1.54, 1.807) is 30.3 Å². The summed E-state index contributed by atoms with van der Waals surface area (Å²) in [4.78, 5) is 16.9. The van der Waals surface area contributed by atoms with E-state index in [1.165, 1.54) is 12.1 Å². The lowest BCUT2D eigenvalue weighted by Crippen LogP contribution is -2.50. The van der Waals surface area contributed by atoms with Crippen molar-refractivity contribution < 1.29 is 31.1 Å². The summed E-state index contributed by atoms with van der Waals surface area (Å²) in [7, 11) is 0. The second-order valence-electron chi connectivity index (χ2n) is 8.34. The van der Waals surface area contributed by atoms with E-state index in [1.807, 2.05) is 0 Å². The molecule has 1 fully saturated rings. The summed E-state index contributed by atoms with van der Waals surface area (Å²) in [6, 6.07) is 15.1. The van der Waals surface area contributed by atoms with Crippen LogP contribution in [0.4, 0.5) is 26.3 Å². The predicted octanol–water partition coefficient (Wildman–Crippen LogP) is 6.13. The maximum absolute atomic E-state index is 13.5. The lowest BCUT2D eigenvalue weighted by atomic mass is 9.79. The number of halogens is 6. The number of amides is 1. The largest absolute Gasteiger partial charge is 0.417 e. The van der Waals surface area contributed by atoms with Crippen molar-refractivity contribution in [1.29, 1.82) is 0 Å². The number of hydrogen-bond acceptors (Lipinski definition) is 2. The molecule has 3 nitrogen and oxygen atoms in total. The second-order valence-corrected chi connectivity index (χ2v) is 8.34. The van der Waals surface area contributed by atoms with Gasteiger partial charge in [0, 0.05) is 18.5 Å². The number of pyridine rings is 1. The minimum Gasteiger partial charge on any atom is -0.340 e. The first-order valence-electron chi connectivity index (χ1n) is 10.6. The van der Waals surface area contributed by atoms with Crippen LogP contribution in [0.1, 0.15) is 40.8 Å². The molecule has 3 aromatic rings. The Balaban J connectivity index is 1.92.